The van der Waals surface area contributed by atoms with E-state index in [0.29, 0.717) is 16.8 Å². The normalized spacial score (nSPS) is 10.5. The van der Waals surface area contributed by atoms with Gasteiger partial charge in [-0.25, -0.2) is 9.78 Å². The Balaban J connectivity index is 2.14. The summed E-state index contributed by atoms with van der Waals surface area (Å²) in [5.74, 6) is 4.30. The number of benzene rings is 1. The van der Waals surface area contributed by atoms with Gasteiger partial charge in [-0.3, -0.25) is 13.8 Å². The zero-order valence-electron chi connectivity index (χ0n) is 18.2. The lowest BCUT2D eigenvalue weighted by Crippen LogP contribution is -2.13. The van der Waals surface area contributed by atoms with Crippen molar-refractivity contribution in [3.05, 3.63) is 58.9 Å². The monoisotopic (exact) mass is 474 g/mol. The molecule has 10 nitrogen and oxygen atoms in total. The molecule has 1 aromatic heterocycles. The Morgan fingerprint density at radius 3 is 2.24 bits per heavy atom. The van der Waals surface area contributed by atoms with Gasteiger partial charge in [-0.15, -0.1) is 0 Å². The van der Waals surface area contributed by atoms with Gasteiger partial charge in [0.15, 0.2) is 0 Å². The van der Waals surface area contributed by atoms with E-state index in [4.69, 9.17) is 4.18 Å². The maximum absolute atomic E-state index is 11.9. The van der Waals surface area contributed by atoms with Crippen LogP contribution in [0.4, 0.5) is 5.69 Å². The molecule has 0 aliphatic rings. The minimum atomic E-state index is -3.70. The van der Waals surface area contributed by atoms with E-state index in [2.05, 4.69) is 31.6 Å². The van der Waals surface area contributed by atoms with E-state index < -0.39 is 22.1 Å². The Bertz CT molecular complexity index is 1200. The summed E-state index contributed by atoms with van der Waals surface area (Å²) >= 11 is 0. The van der Waals surface area contributed by atoms with Gasteiger partial charge in [0.25, 0.3) is 10.1 Å². The van der Waals surface area contributed by atoms with Gasteiger partial charge in [-0.1, -0.05) is 11.8 Å². The van der Waals surface area contributed by atoms with E-state index in [0.717, 1.165) is 6.26 Å². The summed E-state index contributed by atoms with van der Waals surface area (Å²) in [5, 5.41) is 2.66. The maximum Gasteiger partial charge on any atom is 0.356 e. The first-order valence-electron chi connectivity index (χ1n) is 9.52. The van der Waals surface area contributed by atoms with Crippen LogP contribution in [0, 0.1) is 11.8 Å². The second kappa shape index (κ2) is 11.8. The first-order valence-corrected chi connectivity index (χ1v) is 11.3. The minimum Gasteiger partial charge on any atom is -0.469 e. The molecule has 174 valence electrons. The molecular weight excluding hydrogens is 452 g/mol. The minimum absolute atomic E-state index is 0.00415. The molecule has 11 heteroatoms. The molecule has 0 bridgehead atoms. The summed E-state index contributed by atoms with van der Waals surface area (Å²) in [6.07, 6.45) is 0.899. The van der Waals surface area contributed by atoms with Crippen molar-refractivity contribution in [1.29, 1.82) is 0 Å². The van der Waals surface area contributed by atoms with Crippen LogP contribution in [0.5, 0.6) is 0 Å². The molecule has 0 aliphatic carbocycles. The molecule has 0 saturated carbocycles. The third kappa shape index (κ3) is 9.10. The largest absolute Gasteiger partial charge is 0.469 e. The van der Waals surface area contributed by atoms with Crippen LogP contribution < -0.4 is 5.32 Å². The number of carbonyl (C=O) groups excluding carboxylic acids is 3. The molecule has 1 heterocycles. The zero-order valence-corrected chi connectivity index (χ0v) is 19.0. The average Bonchev–Trinajstić information content (AvgIpc) is 2.79. The van der Waals surface area contributed by atoms with Gasteiger partial charge in [-0.05, 0) is 36.4 Å². The number of methoxy groups -OCH3 is 2. The number of pyridine rings is 1. The molecule has 0 fully saturated rings. The van der Waals surface area contributed by atoms with Crippen LogP contribution in [-0.4, -0.2) is 51.7 Å². The van der Waals surface area contributed by atoms with Crippen molar-refractivity contribution < 1.29 is 36.5 Å². The van der Waals surface area contributed by atoms with Crippen molar-refractivity contribution in [2.75, 3.05) is 25.8 Å². The van der Waals surface area contributed by atoms with E-state index >= 15 is 0 Å². The number of esters is 2. The van der Waals surface area contributed by atoms with Crippen molar-refractivity contribution in [3.63, 3.8) is 0 Å². The number of hydrogen-bond acceptors (Lipinski definition) is 9. The Morgan fingerprint density at radius 2 is 1.64 bits per heavy atom. The van der Waals surface area contributed by atoms with E-state index in [1.54, 1.807) is 24.3 Å². The molecule has 0 aliphatic heterocycles. The van der Waals surface area contributed by atoms with Crippen molar-refractivity contribution in [1.82, 2.24) is 4.98 Å². The van der Waals surface area contributed by atoms with Gasteiger partial charge >= 0.3 is 11.9 Å². The highest BCUT2D eigenvalue weighted by molar-refractivity contribution is 7.85. The summed E-state index contributed by atoms with van der Waals surface area (Å²) in [7, 11) is -1.24. The fraction of sp³-hybridized carbons (Fsp3) is 0.273. The van der Waals surface area contributed by atoms with Gasteiger partial charge in [0.05, 0.1) is 32.6 Å². The number of anilines is 1. The molecule has 0 spiro atoms. The molecule has 1 N–H and O–H groups in total. The van der Waals surface area contributed by atoms with E-state index in [9.17, 15) is 22.8 Å². The van der Waals surface area contributed by atoms with Crippen molar-refractivity contribution >= 4 is 33.7 Å². The number of hydrogen-bond donors (Lipinski definition) is 1. The second-order valence-electron chi connectivity index (χ2n) is 6.64. The van der Waals surface area contributed by atoms with Crippen LogP contribution >= 0.6 is 0 Å². The molecule has 0 atom stereocenters. The van der Waals surface area contributed by atoms with Crippen LogP contribution in [0.25, 0.3) is 0 Å². The maximum atomic E-state index is 11.9. The van der Waals surface area contributed by atoms with Gasteiger partial charge < -0.3 is 14.8 Å². The average molecular weight is 474 g/mol. The Labute approximate surface area is 191 Å². The molecule has 2 rings (SSSR count). The molecule has 0 unspecified atom stereocenters. The van der Waals surface area contributed by atoms with Crippen LogP contribution in [0.2, 0.25) is 0 Å². The first-order chi connectivity index (χ1) is 15.6. The molecule has 1 aromatic carbocycles. The van der Waals surface area contributed by atoms with E-state index in [1.165, 1.54) is 26.4 Å². The summed E-state index contributed by atoms with van der Waals surface area (Å²) in [5.41, 5.74) is 1.71. The molecule has 0 saturated heterocycles. The third-order valence-corrected chi connectivity index (χ3v) is 4.54. The Morgan fingerprint density at radius 1 is 0.970 bits per heavy atom. The number of nitrogens with one attached hydrogen (secondary N) is 1. The highest BCUT2D eigenvalue weighted by Crippen LogP contribution is 2.12. The predicted molar refractivity (Wildman–Crippen MR) is 118 cm³/mol. The Kier molecular flexibility index (Phi) is 9.08. The SMILES string of the molecule is COC(=O)CCC(=O)Nc1ccc(C#Cc2cc(COS(C)(=O)=O)nc(C(=O)OC)c2)cc1. The lowest BCUT2D eigenvalue weighted by Gasteiger charge is -2.05. The van der Waals surface area contributed by atoms with E-state index in [-0.39, 0.29) is 36.7 Å². The van der Waals surface area contributed by atoms with Crippen molar-refractivity contribution in [2.24, 2.45) is 0 Å². The number of amides is 1. The standard InChI is InChI=1S/C22H22N2O8S/c1-30-21(26)11-10-20(25)24-17-8-6-15(7-9-17)4-5-16-12-18(14-32-33(3,28)29)23-19(13-16)22(27)31-2/h6-9,12-13H,10-11,14H2,1-3H3,(H,24,25). The second-order valence-corrected chi connectivity index (χ2v) is 8.29. The number of aromatic nitrogens is 1. The van der Waals surface area contributed by atoms with Gasteiger partial charge in [0.2, 0.25) is 5.91 Å². The quantitative estimate of drug-likeness (QED) is 0.344. The van der Waals surface area contributed by atoms with Gasteiger partial charge in [0.1, 0.15) is 12.3 Å². The third-order valence-electron chi connectivity index (χ3n) is 4.00. The van der Waals surface area contributed by atoms with Crippen LogP contribution in [0.3, 0.4) is 0 Å². The summed E-state index contributed by atoms with van der Waals surface area (Å²) in [6.45, 7) is -0.358. The number of rotatable bonds is 8. The lowest BCUT2D eigenvalue weighted by molar-refractivity contribution is -0.141. The molecule has 1 amide bonds. The molecule has 2 aromatic rings. The van der Waals surface area contributed by atoms with Gasteiger partial charge in [0, 0.05) is 23.2 Å². The van der Waals surface area contributed by atoms with Crippen LogP contribution in [0.15, 0.2) is 36.4 Å². The topological polar surface area (TPSA) is 138 Å². The number of nitrogens with zero attached hydrogens (tertiary/aromatic N) is 1. The fourth-order valence-corrected chi connectivity index (χ4v) is 2.77. The van der Waals surface area contributed by atoms with Crippen LogP contribution in [0.1, 0.15) is 40.2 Å². The summed E-state index contributed by atoms with van der Waals surface area (Å²) < 4.78 is 36.4. The number of ether oxygens (including phenoxy) is 2. The molecule has 0 radical (unpaired) electrons. The molecular formula is C22H22N2O8S. The fourth-order valence-electron chi connectivity index (χ4n) is 2.43. The predicted octanol–water partition coefficient (Wildman–Crippen LogP) is 1.64. The summed E-state index contributed by atoms with van der Waals surface area (Å²) in [4.78, 5) is 38.8. The summed E-state index contributed by atoms with van der Waals surface area (Å²) in [6, 6.07) is 9.58. The van der Waals surface area contributed by atoms with E-state index in [1.807, 2.05) is 0 Å². The van der Waals surface area contributed by atoms with Crippen molar-refractivity contribution in [2.45, 2.75) is 19.4 Å². The highest BCUT2D eigenvalue weighted by Gasteiger charge is 2.12. The first kappa shape index (κ1) is 25.5. The Hall–Kier alpha value is -3.75. The van der Waals surface area contributed by atoms with Gasteiger partial charge in [-0.2, -0.15) is 8.42 Å². The lowest BCUT2D eigenvalue weighted by atomic mass is 10.1. The van der Waals surface area contributed by atoms with Crippen LogP contribution in [-0.2, 0) is 40.0 Å². The number of carbonyl (C=O) groups is 3. The highest BCUT2D eigenvalue weighted by atomic mass is 32.2. The zero-order chi connectivity index (χ0) is 24.4. The van der Waals surface area contributed by atoms with Crippen molar-refractivity contribution in [3.8, 4) is 11.8 Å². The smallest absolute Gasteiger partial charge is 0.356 e. The molecule has 33 heavy (non-hydrogen) atoms.